The lowest BCUT2D eigenvalue weighted by molar-refractivity contribution is -0.143. The van der Waals surface area contributed by atoms with Gasteiger partial charge in [0.2, 0.25) is 11.8 Å². The fourth-order valence-electron chi connectivity index (χ4n) is 2.07. The van der Waals surface area contributed by atoms with E-state index in [1.165, 1.54) is 4.90 Å². The van der Waals surface area contributed by atoms with Gasteiger partial charge in [-0.25, -0.2) is 0 Å². The average Bonchev–Trinajstić information content (AvgIpc) is 2.36. The number of benzene rings is 1. The molecule has 1 aromatic carbocycles. The van der Waals surface area contributed by atoms with E-state index in [2.05, 4.69) is 11.9 Å². The Morgan fingerprint density at radius 3 is 2.72 bits per heavy atom. The van der Waals surface area contributed by atoms with E-state index in [4.69, 9.17) is 0 Å². The van der Waals surface area contributed by atoms with E-state index in [0.29, 0.717) is 13.0 Å². The number of rotatable bonds is 4. The highest BCUT2D eigenvalue weighted by molar-refractivity contribution is 5.95. The van der Waals surface area contributed by atoms with Crippen molar-refractivity contribution in [3.63, 3.8) is 0 Å². The summed E-state index contributed by atoms with van der Waals surface area (Å²) in [5.41, 5.74) is 1.04. The van der Waals surface area contributed by atoms with Crippen LogP contribution in [0.5, 0.6) is 0 Å². The smallest absolute Gasteiger partial charge is 0.246 e. The molecule has 94 valence electrons. The molecule has 1 unspecified atom stereocenters. The van der Waals surface area contributed by atoms with Crippen LogP contribution in [0.15, 0.2) is 43.0 Å². The van der Waals surface area contributed by atoms with Gasteiger partial charge in [-0.15, -0.1) is 6.58 Å². The van der Waals surface area contributed by atoms with E-state index in [1.807, 2.05) is 30.3 Å². The average molecular weight is 244 g/mol. The van der Waals surface area contributed by atoms with E-state index in [-0.39, 0.29) is 18.4 Å². The van der Waals surface area contributed by atoms with Gasteiger partial charge in [0.15, 0.2) is 0 Å². The van der Waals surface area contributed by atoms with Gasteiger partial charge in [0.05, 0.1) is 6.54 Å². The van der Waals surface area contributed by atoms with Crippen LogP contribution in [0.25, 0.3) is 0 Å². The molecule has 4 heteroatoms. The van der Waals surface area contributed by atoms with Crippen LogP contribution in [0.1, 0.15) is 5.56 Å². The Morgan fingerprint density at radius 1 is 1.33 bits per heavy atom. The van der Waals surface area contributed by atoms with Gasteiger partial charge in [-0.3, -0.25) is 9.59 Å². The lowest BCUT2D eigenvalue weighted by Crippen LogP contribution is -2.58. The molecule has 1 heterocycles. The lowest BCUT2D eigenvalue weighted by Gasteiger charge is -2.31. The highest BCUT2D eigenvalue weighted by atomic mass is 16.2. The van der Waals surface area contributed by atoms with Crippen molar-refractivity contribution in [1.29, 1.82) is 0 Å². The molecule has 1 N–H and O–H groups in total. The molecular weight excluding hydrogens is 228 g/mol. The van der Waals surface area contributed by atoms with Gasteiger partial charge in [-0.2, -0.15) is 0 Å². The number of hydrogen-bond donors (Lipinski definition) is 1. The molecule has 0 bridgehead atoms. The van der Waals surface area contributed by atoms with Crippen LogP contribution < -0.4 is 5.32 Å². The Kier molecular flexibility index (Phi) is 3.77. The van der Waals surface area contributed by atoms with Crippen LogP contribution in [-0.2, 0) is 16.0 Å². The fraction of sp³-hybridized carbons (Fsp3) is 0.286. The van der Waals surface area contributed by atoms with Gasteiger partial charge in [0, 0.05) is 13.0 Å². The minimum atomic E-state index is -0.464. The first-order valence-corrected chi connectivity index (χ1v) is 5.93. The van der Waals surface area contributed by atoms with Gasteiger partial charge in [-0.1, -0.05) is 36.4 Å². The Balaban J connectivity index is 2.09. The quantitative estimate of drug-likeness (QED) is 0.794. The standard InChI is InChI=1S/C14H16N2O2/c1-2-8-16-10-13(17)15-12(14(16)18)9-11-6-4-3-5-7-11/h2-7,12H,1,8-10H2,(H,15,17). The fourth-order valence-corrected chi connectivity index (χ4v) is 2.07. The number of nitrogens with one attached hydrogen (secondary N) is 1. The summed E-state index contributed by atoms with van der Waals surface area (Å²) in [7, 11) is 0. The summed E-state index contributed by atoms with van der Waals surface area (Å²) in [6, 6.07) is 9.21. The maximum atomic E-state index is 12.1. The minimum absolute atomic E-state index is 0.0432. The molecule has 1 atom stereocenters. The topological polar surface area (TPSA) is 49.4 Å². The molecular formula is C14H16N2O2. The maximum Gasteiger partial charge on any atom is 0.246 e. The molecule has 1 saturated heterocycles. The Morgan fingerprint density at radius 2 is 2.06 bits per heavy atom. The second-order valence-electron chi connectivity index (χ2n) is 4.32. The summed E-state index contributed by atoms with van der Waals surface area (Å²) < 4.78 is 0. The first kappa shape index (κ1) is 12.4. The molecule has 0 saturated carbocycles. The van der Waals surface area contributed by atoms with Gasteiger partial charge < -0.3 is 10.2 Å². The van der Waals surface area contributed by atoms with Crippen LogP contribution in [0, 0.1) is 0 Å². The van der Waals surface area contributed by atoms with Crippen molar-refractivity contribution in [1.82, 2.24) is 10.2 Å². The monoisotopic (exact) mass is 244 g/mol. The number of hydrogen-bond acceptors (Lipinski definition) is 2. The molecule has 1 fully saturated rings. The summed E-state index contributed by atoms with van der Waals surface area (Å²) >= 11 is 0. The summed E-state index contributed by atoms with van der Waals surface area (Å²) in [4.78, 5) is 25.2. The number of piperazine rings is 1. The molecule has 0 spiro atoms. The van der Waals surface area contributed by atoms with E-state index in [9.17, 15) is 9.59 Å². The van der Waals surface area contributed by atoms with Crippen molar-refractivity contribution in [2.75, 3.05) is 13.1 Å². The predicted octanol–water partition coefficient (Wildman–Crippen LogP) is 0.742. The highest BCUT2D eigenvalue weighted by Crippen LogP contribution is 2.09. The van der Waals surface area contributed by atoms with Gasteiger partial charge in [0.25, 0.3) is 0 Å². The molecule has 1 aromatic rings. The lowest BCUT2D eigenvalue weighted by atomic mass is 10.0. The number of amides is 2. The Bertz CT molecular complexity index is 456. The van der Waals surface area contributed by atoms with Crippen molar-refractivity contribution in [2.45, 2.75) is 12.5 Å². The molecule has 2 rings (SSSR count). The predicted molar refractivity (Wildman–Crippen MR) is 68.9 cm³/mol. The molecule has 4 nitrogen and oxygen atoms in total. The molecule has 1 aliphatic heterocycles. The third-order valence-corrected chi connectivity index (χ3v) is 2.91. The normalized spacial score (nSPS) is 19.6. The second kappa shape index (κ2) is 5.49. The zero-order valence-corrected chi connectivity index (χ0v) is 10.1. The molecule has 2 amide bonds. The second-order valence-corrected chi connectivity index (χ2v) is 4.32. The zero-order chi connectivity index (χ0) is 13.0. The van der Waals surface area contributed by atoms with Crippen LogP contribution in [0.4, 0.5) is 0 Å². The third-order valence-electron chi connectivity index (χ3n) is 2.91. The Hall–Kier alpha value is -2.10. The first-order chi connectivity index (χ1) is 8.70. The summed E-state index contributed by atoms with van der Waals surface area (Å²) in [5, 5.41) is 2.74. The van der Waals surface area contributed by atoms with Crippen LogP contribution in [0.3, 0.4) is 0 Å². The van der Waals surface area contributed by atoms with Crippen LogP contribution in [0.2, 0.25) is 0 Å². The molecule has 18 heavy (non-hydrogen) atoms. The van der Waals surface area contributed by atoms with Gasteiger partial charge >= 0.3 is 0 Å². The zero-order valence-electron chi connectivity index (χ0n) is 10.1. The SMILES string of the molecule is C=CCN1CC(=O)NC(Cc2ccccc2)C1=O. The summed E-state index contributed by atoms with van der Waals surface area (Å²) in [6.45, 7) is 4.13. The molecule has 1 aliphatic rings. The van der Waals surface area contributed by atoms with Gasteiger partial charge in [-0.05, 0) is 5.56 Å². The molecule has 0 aliphatic carbocycles. The van der Waals surface area contributed by atoms with E-state index in [1.54, 1.807) is 6.08 Å². The van der Waals surface area contributed by atoms with E-state index in [0.717, 1.165) is 5.56 Å². The summed E-state index contributed by atoms with van der Waals surface area (Å²) in [5.74, 6) is -0.157. The van der Waals surface area contributed by atoms with E-state index < -0.39 is 6.04 Å². The van der Waals surface area contributed by atoms with Crippen molar-refractivity contribution in [2.24, 2.45) is 0 Å². The minimum Gasteiger partial charge on any atom is -0.342 e. The summed E-state index contributed by atoms with van der Waals surface area (Å²) in [6.07, 6.45) is 2.16. The number of carbonyl (C=O) groups is 2. The largest absolute Gasteiger partial charge is 0.342 e. The van der Waals surface area contributed by atoms with Crippen molar-refractivity contribution in [3.8, 4) is 0 Å². The van der Waals surface area contributed by atoms with Crippen molar-refractivity contribution in [3.05, 3.63) is 48.6 Å². The number of nitrogens with zero attached hydrogens (tertiary/aromatic N) is 1. The van der Waals surface area contributed by atoms with Crippen molar-refractivity contribution < 1.29 is 9.59 Å². The molecule has 0 radical (unpaired) electrons. The highest BCUT2D eigenvalue weighted by Gasteiger charge is 2.31. The Labute approximate surface area is 106 Å². The number of carbonyl (C=O) groups excluding carboxylic acids is 2. The van der Waals surface area contributed by atoms with Crippen LogP contribution >= 0.6 is 0 Å². The maximum absolute atomic E-state index is 12.1. The van der Waals surface area contributed by atoms with Crippen LogP contribution in [-0.4, -0.2) is 35.8 Å². The first-order valence-electron chi connectivity index (χ1n) is 5.93. The van der Waals surface area contributed by atoms with Crippen molar-refractivity contribution >= 4 is 11.8 Å². The molecule has 0 aromatic heterocycles. The van der Waals surface area contributed by atoms with Gasteiger partial charge in [0.1, 0.15) is 6.04 Å². The van der Waals surface area contributed by atoms with E-state index >= 15 is 0 Å². The third kappa shape index (κ3) is 2.77.